The Balaban J connectivity index is 2.08. The summed E-state index contributed by atoms with van der Waals surface area (Å²) < 4.78 is 28.9. The SMILES string of the molecule is Nc1nc2ccccn2c1S(=O)(=O)Nc1ccc(Cl)cc1. The van der Waals surface area contributed by atoms with Gasteiger partial charge in [-0.1, -0.05) is 17.7 Å². The van der Waals surface area contributed by atoms with Crippen LogP contribution in [-0.2, 0) is 10.0 Å². The van der Waals surface area contributed by atoms with E-state index in [0.717, 1.165) is 0 Å². The molecule has 1 aromatic carbocycles. The van der Waals surface area contributed by atoms with Crippen molar-refractivity contribution in [3.05, 3.63) is 53.7 Å². The number of sulfonamides is 1. The molecule has 0 saturated heterocycles. The number of pyridine rings is 1. The number of hydrogen-bond acceptors (Lipinski definition) is 4. The fourth-order valence-corrected chi connectivity index (χ4v) is 3.38. The van der Waals surface area contributed by atoms with Crippen LogP contribution in [0.1, 0.15) is 0 Å². The van der Waals surface area contributed by atoms with E-state index < -0.39 is 10.0 Å². The maximum Gasteiger partial charge on any atom is 0.281 e. The van der Waals surface area contributed by atoms with Crippen molar-refractivity contribution in [1.82, 2.24) is 9.38 Å². The predicted molar refractivity (Wildman–Crippen MR) is 81.9 cm³/mol. The number of aromatic nitrogens is 2. The van der Waals surface area contributed by atoms with Crippen LogP contribution in [-0.4, -0.2) is 17.8 Å². The van der Waals surface area contributed by atoms with Crippen molar-refractivity contribution in [2.45, 2.75) is 5.03 Å². The molecule has 3 rings (SSSR count). The van der Waals surface area contributed by atoms with Crippen molar-refractivity contribution in [1.29, 1.82) is 0 Å². The molecular formula is C13H11ClN4O2S. The number of hydrogen-bond donors (Lipinski definition) is 2. The molecule has 0 amide bonds. The summed E-state index contributed by atoms with van der Waals surface area (Å²) in [5.74, 6) is -0.0531. The van der Waals surface area contributed by atoms with Gasteiger partial charge < -0.3 is 5.73 Å². The summed E-state index contributed by atoms with van der Waals surface area (Å²) in [6, 6.07) is 11.5. The molecule has 0 aliphatic heterocycles. The zero-order valence-corrected chi connectivity index (χ0v) is 12.3. The summed E-state index contributed by atoms with van der Waals surface area (Å²) in [6.07, 6.45) is 1.59. The molecule has 0 spiro atoms. The topological polar surface area (TPSA) is 89.5 Å². The number of fused-ring (bicyclic) bond motifs is 1. The number of nitrogens with zero attached hydrogens (tertiary/aromatic N) is 2. The minimum atomic E-state index is -3.86. The van der Waals surface area contributed by atoms with Gasteiger partial charge in [-0.15, -0.1) is 0 Å². The highest BCUT2D eigenvalue weighted by molar-refractivity contribution is 7.92. The Morgan fingerprint density at radius 3 is 2.57 bits per heavy atom. The van der Waals surface area contributed by atoms with Gasteiger partial charge in [0, 0.05) is 16.9 Å². The summed E-state index contributed by atoms with van der Waals surface area (Å²) in [5, 5.41) is 0.431. The van der Waals surface area contributed by atoms with Gasteiger partial charge in [-0.25, -0.2) is 4.98 Å². The number of nitrogens with two attached hydrogens (primary N) is 1. The largest absolute Gasteiger partial charge is 0.381 e. The quantitative estimate of drug-likeness (QED) is 0.774. The van der Waals surface area contributed by atoms with Crippen molar-refractivity contribution < 1.29 is 8.42 Å². The van der Waals surface area contributed by atoms with Crippen molar-refractivity contribution in [2.75, 3.05) is 10.5 Å². The highest BCUT2D eigenvalue weighted by atomic mass is 35.5. The van der Waals surface area contributed by atoms with Gasteiger partial charge in [-0.05, 0) is 36.4 Å². The Kier molecular flexibility index (Phi) is 3.23. The molecule has 0 radical (unpaired) electrons. The van der Waals surface area contributed by atoms with E-state index in [4.69, 9.17) is 17.3 Å². The van der Waals surface area contributed by atoms with Crippen LogP contribution in [0.2, 0.25) is 5.02 Å². The van der Waals surface area contributed by atoms with Crippen LogP contribution >= 0.6 is 11.6 Å². The smallest absolute Gasteiger partial charge is 0.281 e. The van der Waals surface area contributed by atoms with E-state index in [9.17, 15) is 8.42 Å². The Labute approximate surface area is 126 Å². The van der Waals surface area contributed by atoms with Crippen LogP contribution in [0.5, 0.6) is 0 Å². The molecule has 0 bridgehead atoms. The van der Waals surface area contributed by atoms with Crippen molar-refractivity contribution in [2.24, 2.45) is 0 Å². The molecule has 0 aliphatic carbocycles. The molecule has 108 valence electrons. The van der Waals surface area contributed by atoms with E-state index in [2.05, 4.69) is 9.71 Å². The first-order valence-electron chi connectivity index (χ1n) is 5.98. The third-order valence-corrected chi connectivity index (χ3v) is 4.53. The average Bonchev–Trinajstić information content (AvgIpc) is 2.77. The summed E-state index contributed by atoms with van der Waals surface area (Å²) in [7, 11) is -3.86. The van der Waals surface area contributed by atoms with E-state index in [1.807, 2.05) is 0 Å². The maximum absolute atomic E-state index is 12.5. The molecular weight excluding hydrogens is 312 g/mol. The van der Waals surface area contributed by atoms with Crippen molar-refractivity contribution in [3.63, 3.8) is 0 Å². The van der Waals surface area contributed by atoms with Crippen LogP contribution in [0.4, 0.5) is 11.5 Å². The van der Waals surface area contributed by atoms with Gasteiger partial charge in [-0.3, -0.25) is 9.12 Å². The van der Waals surface area contributed by atoms with Gasteiger partial charge in [0.1, 0.15) is 5.65 Å². The zero-order chi connectivity index (χ0) is 15.0. The first-order valence-corrected chi connectivity index (χ1v) is 7.84. The molecule has 0 fully saturated rings. The highest BCUT2D eigenvalue weighted by Gasteiger charge is 2.23. The van der Waals surface area contributed by atoms with Crippen LogP contribution in [0.3, 0.4) is 0 Å². The summed E-state index contributed by atoms with van der Waals surface area (Å²) >= 11 is 5.77. The minimum Gasteiger partial charge on any atom is -0.381 e. The van der Waals surface area contributed by atoms with E-state index in [1.165, 1.54) is 4.40 Å². The van der Waals surface area contributed by atoms with Crippen LogP contribution in [0.15, 0.2) is 53.7 Å². The summed E-state index contributed by atoms with van der Waals surface area (Å²) in [5.41, 5.74) is 6.60. The minimum absolute atomic E-state index is 0.0531. The van der Waals surface area contributed by atoms with Gasteiger partial charge in [0.25, 0.3) is 10.0 Å². The fraction of sp³-hybridized carbons (Fsp3) is 0. The number of anilines is 2. The third kappa shape index (κ3) is 2.53. The number of benzene rings is 1. The number of nitrogen functional groups attached to an aromatic ring is 1. The second-order valence-electron chi connectivity index (χ2n) is 4.34. The second-order valence-corrected chi connectivity index (χ2v) is 6.38. The fourth-order valence-electron chi connectivity index (χ4n) is 1.98. The predicted octanol–water partition coefficient (Wildman–Crippen LogP) is 2.37. The number of imidazole rings is 1. The van der Waals surface area contributed by atoms with Gasteiger partial charge in [0.2, 0.25) is 5.03 Å². The molecule has 3 N–H and O–H groups in total. The molecule has 21 heavy (non-hydrogen) atoms. The van der Waals surface area contributed by atoms with E-state index in [0.29, 0.717) is 16.4 Å². The standard InChI is InChI=1S/C13H11ClN4O2S/c14-9-4-6-10(7-5-9)17-21(19,20)13-12(15)16-11-3-1-2-8-18(11)13/h1-8,17H,15H2. The van der Waals surface area contributed by atoms with E-state index in [1.54, 1.807) is 48.7 Å². The maximum atomic E-state index is 12.5. The van der Waals surface area contributed by atoms with Gasteiger partial charge in [0.05, 0.1) is 0 Å². The Morgan fingerprint density at radius 2 is 1.86 bits per heavy atom. The molecule has 3 aromatic rings. The van der Waals surface area contributed by atoms with E-state index in [-0.39, 0.29) is 10.8 Å². The number of nitrogens with one attached hydrogen (secondary N) is 1. The molecule has 2 aromatic heterocycles. The van der Waals surface area contributed by atoms with Crippen LogP contribution < -0.4 is 10.5 Å². The first-order chi connectivity index (χ1) is 9.97. The Bertz CT molecular complexity index is 904. The third-order valence-electron chi connectivity index (χ3n) is 2.86. The Morgan fingerprint density at radius 1 is 1.14 bits per heavy atom. The lowest BCUT2D eigenvalue weighted by Gasteiger charge is -2.08. The monoisotopic (exact) mass is 322 g/mol. The normalized spacial score (nSPS) is 11.7. The van der Waals surface area contributed by atoms with Crippen LogP contribution in [0.25, 0.3) is 5.65 Å². The van der Waals surface area contributed by atoms with Crippen molar-refractivity contribution in [3.8, 4) is 0 Å². The number of rotatable bonds is 3. The van der Waals surface area contributed by atoms with Gasteiger partial charge in [-0.2, -0.15) is 8.42 Å². The lowest BCUT2D eigenvalue weighted by Crippen LogP contribution is -2.16. The number of halogens is 1. The zero-order valence-electron chi connectivity index (χ0n) is 10.7. The molecule has 6 nitrogen and oxygen atoms in total. The summed E-state index contributed by atoms with van der Waals surface area (Å²) in [4.78, 5) is 4.04. The average molecular weight is 323 g/mol. The van der Waals surface area contributed by atoms with Gasteiger partial charge >= 0.3 is 0 Å². The van der Waals surface area contributed by atoms with Crippen LogP contribution in [0, 0.1) is 0 Å². The Hall–Kier alpha value is -2.25. The molecule has 2 heterocycles. The summed E-state index contributed by atoms with van der Waals surface area (Å²) in [6.45, 7) is 0. The van der Waals surface area contributed by atoms with E-state index >= 15 is 0 Å². The molecule has 0 atom stereocenters. The lowest BCUT2D eigenvalue weighted by molar-refractivity contribution is 0.597. The van der Waals surface area contributed by atoms with Crippen molar-refractivity contribution >= 4 is 38.8 Å². The highest BCUT2D eigenvalue weighted by Crippen LogP contribution is 2.23. The van der Waals surface area contributed by atoms with Gasteiger partial charge in [0.15, 0.2) is 5.82 Å². The molecule has 0 aliphatic rings. The lowest BCUT2D eigenvalue weighted by atomic mass is 10.3. The second kappa shape index (κ2) is 4.94. The molecule has 0 saturated carbocycles. The first kappa shape index (κ1) is 13.7. The molecule has 0 unspecified atom stereocenters. The molecule has 8 heteroatoms.